The zero-order valence-electron chi connectivity index (χ0n) is 11.2. The summed E-state index contributed by atoms with van der Waals surface area (Å²) in [4.78, 5) is 22.9. The molecule has 0 saturated heterocycles. The minimum atomic E-state index is -0.0944. The number of pyridine rings is 1. The number of hydrogen-bond acceptors (Lipinski definition) is 5. The van der Waals surface area contributed by atoms with E-state index in [1.165, 1.54) is 16.2 Å². The molecular formula is C15H13N3OS2. The van der Waals surface area contributed by atoms with E-state index in [9.17, 15) is 4.79 Å². The second kappa shape index (κ2) is 6.60. The van der Waals surface area contributed by atoms with Crippen LogP contribution in [0.1, 0.15) is 15.2 Å². The van der Waals surface area contributed by atoms with Gasteiger partial charge in [0.1, 0.15) is 0 Å². The summed E-state index contributed by atoms with van der Waals surface area (Å²) >= 11 is 3.18. The van der Waals surface area contributed by atoms with Crippen LogP contribution in [0, 0.1) is 0 Å². The van der Waals surface area contributed by atoms with Crippen LogP contribution < -0.4 is 5.32 Å². The molecule has 21 heavy (non-hydrogen) atoms. The average molecular weight is 315 g/mol. The van der Waals surface area contributed by atoms with Gasteiger partial charge in [0.25, 0.3) is 5.91 Å². The fourth-order valence-corrected chi connectivity index (χ4v) is 3.31. The lowest BCUT2D eigenvalue weighted by Gasteiger charge is -2.07. The first kappa shape index (κ1) is 13.9. The molecular weight excluding hydrogens is 302 g/mol. The maximum absolute atomic E-state index is 12.3. The standard InChI is InChI=1S/C15H13N3OS2/c19-15(18-7-5-11-3-2-8-20-11)12-4-1-6-17-14(12)13-9-16-10-21-13/h1-4,6,8-10H,5,7H2,(H,18,19). The van der Waals surface area contributed by atoms with E-state index in [1.807, 2.05) is 11.4 Å². The second-order valence-corrected chi connectivity index (χ2v) is 6.27. The van der Waals surface area contributed by atoms with E-state index in [-0.39, 0.29) is 5.91 Å². The summed E-state index contributed by atoms with van der Waals surface area (Å²) < 4.78 is 0. The summed E-state index contributed by atoms with van der Waals surface area (Å²) in [5, 5.41) is 4.99. The van der Waals surface area contributed by atoms with Gasteiger partial charge in [0.2, 0.25) is 0 Å². The van der Waals surface area contributed by atoms with Gasteiger partial charge in [-0.25, -0.2) is 0 Å². The molecule has 0 bridgehead atoms. The molecule has 0 spiro atoms. The molecule has 0 radical (unpaired) electrons. The molecule has 3 aromatic rings. The number of hydrogen-bond donors (Lipinski definition) is 1. The summed E-state index contributed by atoms with van der Waals surface area (Å²) in [5.74, 6) is -0.0944. The summed E-state index contributed by atoms with van der Waals surface area (Å²) in [6, 6.07) is 7.66. The average Bonchev–Trinajstić information content (AvgIpc) is 3.20. The minimum absolute atomic E-state index is 0.0944. The Morgan fingerprint density at radius 3 is 2.95 bits per heavy atom. The van der Waals surface area contributed by atoms with Crippen LogP contribution in [0.25, 0.3) is 10.6 Å². The monoisotopic (exact) mass is 315 g/mol. The van der Waals surface area contributed by atoms with Crippen molar-refractivity contribution in [1.29, 1.82) is 0 Å². The Labute approximate surface area is 130 Å². The third-order valence-electron chi connectivity index (χ3n) is 2.96. The van der Waals surface area contributed by atoms with Gasteiger partial charge in [0.05, 0.1) is 21.6 Å². The fourth-order valence-electron chi connectivity index (χ4n) is 1.97. The van der Waals surface area contributed by atoms with Crippen molar-refractivity contribution >= 4 is 28.6 Å². The topological polar surface area (TPSA) is 54.9 Å². The van der Waals surface area contributed by atoms with Crippen molar-refractivity contribution in [3.8, 4) is 10.6 Å². The van der Waals surface area contributed by atoms with E-state index in [1.54, 1.807) is 41.4 Å². The number of nitrogens with one attached hydrogen (secondary N) is 1. The summed E-state index contributed by atoms with van der Waals surface area (Å²) in [6.45, 7) is 0.621. The Hall–Kier alpha value is -2.05. The van der Waals surface area contributed by atoms with Crippen LogP contribution in [0.5, 0.6) is 0 Å². The van der Waals surface area contributed by atoms with Crippen LogP contribution in [0.3, 0.4) is 0 Å². The molecule has 106 valence electrons. The highest BCUT2D eigenvalue weighted by Gasteiger charge is 2.14. The Morgan fingerprint density at radius 2 is 2.19 bits per heavy atom. The molecule has 1 N–H and O–H groups in total. The predicted octanol–water partition coefficient (Wildman–Crippen LogP) is 3.24. The number of aromatic nitrogens is 2. The highest BCUT2D eigenvalue weighted by Crippen LogP contribution is 2.24. The van der Waals surface area contributed by atoms with E-state index in [2.05, 4.69) is 21.4 Å². The lowest BCUT2D eigenvalue weighted by molar-refractivity contribution is 0.0954. The molecule has 4 nitrogen and oxygen atoms in total. The molecule has 0 saturated carbocycles. The van der Waals surface area contributed by atoms with Crippen molar-refractivity contribution < 1.29 is 4.79 Å². The molecule has 3 rings (SSSR count). The SMILES string of the molecule is O=C(NCCc1cccs1)c1cccnc1-c1cncs1. The van der Waals surface area contributed by atoms with Crippen molar-refractivity contribution in [1.82, 2.24) is 15.3 Å². The first-order valence-corrected chi connectivity index (χ1v) is 8.25. The van der Waals surface area contributed by atoms with Crippen molar-refractivity contribution in [2.45, 2.75) is 6.42 Å². The number of carbonyl (C=O) groups excluding carboxylic acids is 1. The van der Waals surface area contributed by atoms with Crippen molar-refractivity contribution in [2.75, 3.05) is 6.54 Å². The Bertz CT molecular complexity index is 708. The maximum Gasteiger partial charge on any atom is 0.253 e. The normalized spacial score (nSPS) is 10.5. The van der Waals surface area contributed by atoms with Crippen LogP contribution in [0.2, 0.25) is 0 Å². The largest absolute Gasteiger partial charge is 0.352 e. The summed E-state index contributed by atoms with van der Waals surface area (Å²) in [7, 11) is 0. The number of rotatable bonds is 5. The van der Waals surface area contributed by atoms with Crippen LogP contribution in [0.4, 0.5) is 0 Å². The van der Waals surface area contributed by atoms with Gasteiger partial charge < -0.3 is 5.32 Å². The van der Waals surface area contributed by atoms with Crippen molar-refractivity contribution in [2.24, 2.45) is 0 Å². The molecule has 0 aliphatic rings. The summed E-state index contributed by atoms with van der Waals surface area (Å²) in [5.41, 5.74) is 3.02. The zero-order chi connectivity index (χ0) is 14.5. The molecule has 0 unspecified atom stereocenters. The number of amides is 1. The second-order valence-electron chi connectivity index (χ2n) is 4.35. The Morgan fingerprint density at radius 1 is 1.24 bits per heavy atom. The molecule has 0 aromatic carbocycles. The Kier molecular flexibility index (Phi) is 4.37. The number of thiazole rings is 1. The molecule has 3 aromatic heterocycles. The molecule has 3 heterocycles. The molecule has 0 atom stereocenters. The van der Waals surface area contributed by atoms with Crippen LogP contribution in [0.15, 0.2) is 47.5 Å². The number of nitrogens with zero attached hydrogens (tertiary/aromatic N) is 2. The van der Waals surface area contributed by atoms with Gasteiger partial charge in [-0.3, -0.25) is 14.8 Å². The van der Waals surface area contributed by atoms with Crippen molar-refractivity contribution in [3.05, 3.63) is 58.0 Å². The van der Waals surface area contributed by atoms with E-state index in [4.69, 9.17) is 0 Å². The first-order chi connectivity index (χ1) is 10.3. The molecule has 0 aliphatic carbocycles. The number of thiophene rings is 1. The fraction of sp³-hybridized carbons (Fsp3) is 0.133. The first-order valence-electron chi connectivity index (χ1n) is 6.49. The molecule has 1 amide bonds. The number of carbonyl (C=O) groups is 1. The van der Waals surface area contributed by atoms with Crippen LogP contribution in [-0.4, -0.2) is 22.4 Å². The van der Waals surface area contributed by atoms with E-state index in [0.29, 0.717) is 17.8 Å². The van der Waals surface area contributed by atoms with E-state index >= 15 is 0 Å². The lowest BCUT2D eigenvalue weighted by atomic mass is 10.1. The quantitative estimate of drug-likeness (QED) is 0.786. The van der Waals surface area contributed by atoms with Gasteiger partial charge in [0, 0.05) is 23.8 Å². The van der Waals surface area contributed by atoms with Gasteiger partial charge in [-0.2, -0.15) is 0 Å². The summed E-state index contributed by atoms with van der Waals surface area (Å²) in [6.07, 6.45) is 4.27. The van der Waals surface area contributed by atoms with Gasteiger partial charge >= 0.3 is 0 Å². The third kappa shape index (κ3) is 3.34. The smallest absolute Gasteiger partial charge is 0.253 e. The molecule has 6 heteroatoms. The van der Waals surface area contributed by atoms with Gasteiger partial charge in [0.15, 0.2) is 0 Å². The van der Waals surface area contributed by atoms with Gasteiger partial charge in [-0.05, 0) is 30.0 Å². The highest BCUT2D eigenvalue weighted by atomic mass is 32.1. The predicted molar refractivity (Wildman–Crippen MR) is 85.7 cm³/mol. The minimum Gasteiger partial charge on any atom is -0.352 e. The highest BCUT2D eigenvalue weighted by molar-refractivity contribution is 7.13. The van der Waals surface area contributed by atoms with Crippen LogP contribution >= 0.6 is 22.7 Å². The van der Waals surface area contributed by atoms with E-state index < -0.39 is 0 Å². The lowest BCUT2D eigenvalue weighted by Crippen LogP contribution is -2.26. The zero-order valence-corrected chi connectivity index (χ0v) is 12.8. The van der Waals surface area contributed by atoms with Crippen molar-refractivity contribution in [3.63, 3.8) is 0 Å². The van der Waals surface area contributed by atoms with Gasteiger partial charge in [-0.15, -0.1) is 22.7 Å². The third-order valence-corrected chi connectivity index (χ3v) is 4.67. The van der Waals surface area contributed by atoms with Gasteiger partial charge in [-0.1, -0.05) is 6.07 Å². The van der Waals surface area contributed by atoms with E-state index in [0.717, 1.165) is 11.3 Å². The molecule has 0 fully saturated rings. The van der Waals surface area contributed by atoms with Crippen LogP contribution in [-0.2, 0) is 6.42 Å². The maximum atomic E-state index is 12.3. The Balaban J connectivity index is 1.70. The molecule has 0 aliphatic heterocycles.